The third kappa shape index (κ3) is 3.01. The third-order valence-electron chi connectivity index (χ3n) is 5.56. The number of carbonyl (C=O) groups is 1. The lowest BCUT2D eigenvalue weighted by Gasteiger charge is -2.47. The number of anilines is 1. The minimum Gasteiger partial charge on any atom is -0.448 e. The van der Waals surface area contributed by atoms with E-state index in [1.165, 1.54) is 26.3 Å². The number of aliphatic imine (C=N–C) groups is 1. The molecule has 2 heterocycles. The maximum Gasteiger partial charge on any atom is 0.315 e. The monoisotopic (exact) mass is 422 g/mol. The van der Waals surface area contributed by atoms with Crippen LogP contribution in [0.15, 0.2) is 34.0 Å². The van der Waals surface area contributed by atoms with Crippen molar-refractivity contribution in [2.75, 3.05) is 5.32 Å². The van der Waals surface area contributed by atoms with E-state index in [1.807, 2.05) is 0 Å². The molecule has 0 radical (unpaired) electrons. The molecular formula is C20H21F3N4O3. The molecule has 1 aromatic heterocycles. The summed E-state index contributed by atoms with van der Waals surface area (Å²) in [4.78, 5) is 20.2. The number of hydrogen-bond donors (Lipinski definition) is 2. The molecule has 0 bridgehead atoms. The first kappa shape index (κ1) is 20.2. The predicted octanol–water partition coefficient (Wildman–Crippen LogP) is 3.92. The molecule has 2 aliphatic rings. The third-order valence-corrected chi connectivity index (χ3v) is 5.56. The molecule has 0 spiro atoms. The highest BCUT2D eigenvalue weighted by Gasteiger charge is 2.66. The molecule has 0 unspecified atom stereocenters. The van der Waals surface area contributed by atoms with Gasteiger partial charge in [-0.25, -0.2) is 14.4 Å². The molecule has 1 aliphatic carbocycles. The van der Waals surface area contributed by atoms with Gasteiger partial charge in [0.1, 0.15) is 17.1 Å². The number of alkyl halides is 2. The molecule has 0 saturated heterocycles. The number of amidine groups is 1. The highest BCUT2D eigenvalue weighted by atomic mass is 19.3. The molecule has 3 N–H and O–H groups in total. The summed E-state index contributed by atoms with van der Waals surface area (Å²) in [7, 11) is 0. The Morgan fingerprint density at radius 3 is 2.63 bits per heavy atom. The second-order valence-corrected chi connectivity index (χ2v) is 8.21. The Morgan fingerprint density at radius 2 is 1.97 bits per heavy atom. The first-order valence-corrected chi connectivity index (χ1v) is 9.43. The fourth-order valence-electron chi connectivity index (χ4n) is 3.67. The lowest BCUT2D eigenvalue weighted by Crippen LogP contribution is -2.62. The fourth-order valence-corrected chi connectivity index (χ4v) is 3.67. The summed E-state index contributed by atoms with van der Waals surface area (Å²) < 4.78 is 55.7. The Labute approximate surface area is 170 Å². The van der Waals surface area contributed by atoms with Crippen LogP contribution >= 0.6 is 0 Å². The summed E-state index contributed by atoms with van der Waals surface area (Å²) in [5, 5.41) is 2.56. The standard InChI is InChI=1S/C20H21F3N4O3/c1-18(2)20(22,23)19(3,30-17(24)27-18)12-8-11(6-7-13(12)21)26-16(28)14-15(10-4-5-10)29-9-25-14/h6-10H,4-5H2,1-3H3,(H2,24,27)(H,26,28)/t19-/m1/s1. The molecule has 4 rings (SSSR count). The SMILES string of the molecule is CC1(C)N=C(N)O[C@](C)(c2cc(NC(=O)c3ncoc3C3CC3)ccc2F)C1(F)F. The van der Waals surface area contributed by atoms with Crippen LogP contribution in [-0.2, 0) is 10.3 Å². The Morgan fingerprint density at radius 1 is 1.27 bits per heavy atom. The number of ether oxygens (including phenoxy) is 1. The van der Waals surface area contributed by atoms with Gasteiger partial charge in [-0.05, 0) is 51.8 Å². The number of halogens is 3. The number of rotatable bonds is 4. The summed E-state index contributed by atoms with van der Waals surface area (Å²) in [5.74, 6) is -4.49. The second-order valence-electron chi connectivity index (χ2n) is 8.21. The quantitative estimate of drug-likeness (QED) is 0.778. The second kappa shape index (κ2) is 6.48. The minimum atomic E-state index is -3.61. The molecule has 160 valence electrons. The van der Waals surface area contributed by atoms with Crippen LogP contribution < -0.4 is 11.1 Å². The molecule has 1 aromatic carbocycles. The highest BCUT2D eigenvalue weighted by molar-refractivity contribution is 6.03. The van der Waals surface area contributed by atoms with Gasteiger partial charge < -0.3 is 20.2 Å². The van der Waals surface area contributed by atoms with E-state index in [0.717, 1.165) is 31.9 Å². The number of carbonyl (C=O) groups excluding carboxylic acids is 1. The summed E-state index contributed by atoms with van der Waals surface area (Å²) >= 11 is 0. The van der Waals surface area contributed by atoms with E-state index < -0.39 is 40.4 Å². The van der Waals surface area contributed by atoms with Crippen molar-refractivity contribution in [1.82, 2.24) is 4.98 Å². The Hall–Kier alpha value is -3.04. The smallest absolute Gasteiger partial charge is 0.315 e. The Kier molecular flexibility index (Phi) is 4.37. The summed E-state index contributed by atoms with van der Waals surface area (Å²) in [6.07, 6.45) is 2.99. The zero-order valence-electron chi connectivity index (χ0n) is 16.6. The van der Waals surface area contributed by atoms with Gasteiger partial charge in [0.15, 0.2) is 12.1 Å². The van der Waals surface area contributed by atoms with Crippen molar-refractivity contribution in [1.29, 1.82) is 0 Å². The first-order chi connectivity index (χ1) is 14.0. The van der Waals surface area contributed by atoms with Gasteiger partial charge in [0.05, 0.1) is 0 Å². The van der Waals surface area contributed by atoms with Crippen molar-refractivity contribution in [2.45, 2.75) is 56.6 Å². The van der Waals surface area contributed by atoms with Crippen LogP contribution in [0.1, 0.15) is 61.3 Å². The van der Waals surface area contributed by atoms with Crippen molar-refractivity contribution >= 4 is 17.6 Å². The lowest BCUT2D eigenvalue weighted by atomic mass is 9.78. The number of nitrogens with two attached hydrogens (primary N) is 1. The average Bonchev–Trinajstić information content (AvgIpc) is 3.37. The van der Waals surface area contributed by atoms with Gasteiger partial charge in [0, 0.05) is 17.2 Å². The van der Waals surface area contributed by atoms with Crippen molar-refractivity contribution in [3.63, 3.8) is 0 Å². The molecule has 1 fully saturated rings. The fraction of sp³-hybridized carbons (Fsp3) is 0.450. The van der Waals surface area contributed by atoms with E-state index in [4.69, 9.17) is 14.9 Å². The van der Waals surface area contributed by atoms with Gasteiger partial charge in [-0.2, -0.15) is 8.78 Å². The summed E-state index contributed by atoms with van der Waals surface area (Å²) in [5.41, 5.74) is 0.988. The topological polar surface area (TPSA) is 103 Å². The largest absolute Gasteiger partial charge is 0.448 e. The van der Waals surface area contributed by atoms with Crippen molar-refractivity contribution in [2.24, 2.45) is 10.7 Å². The molecular weight excluding hydrogens is 401 g/mol. The van der Waals surface area contributed by atoms with Gasteiger partial charge in [0.25, 0.3) is 11.9 Å². The average molecular weight is 422 g/mol. The van der Waals surface area contributed by atoms with Gasteiger partial charge in [-0.15, -0.1) is 0 Å². The summed E-state index contributed by atoms with van der Waals surface area (Å²) in [6, 6.07) is 2.88. The van der Waals surface area contributed by atoms with Crippen LogP contribution in [0, 0.1) is 5.82 Å². The number of oxazole rings is 1. The highest BCUT2D eigenvalue weighted by Crippen LogP contribution is 2.51. The lowest BCUT2D eigenvalue weighted by molar-refractivity contribution is -0.215. The number of amides is 1. The van der Waals surface area contributed by atoms with Crippen LogP contribution in [0.5, 0.6) is 0 Å². The van der Waals surface area contributed by atoms with Gasteiger partial charge in [-0.1, -0.05) is 0 Å². The Bertz CT molecular complexity index is 1050. The van der Waals surface area contributed by atoms with Crippen molar-refractivity contribution < 1.29 is 27.1 Å². The van der Waals surface area contributed by atoms with Gasteiger partial charge in [-0.3, -0.25) is 4.79 Å². The zero-order chi connectivity index (χ0) is 21.9. The van der Waals surface area contributed by atoms with Crippen molar-refractivity contribution in [3.8, 4) is 0 Å². The van der Waals surface area contributed by atoms with Crippen LogP contribution in [0.4, 0.5) is 18.9 Å². The zero-order valence-corrected chi connectivity index (χ0v) is 16.6. The maximum absolute atomic E-state index is 15.3. The van der Waals surface area contributed by atoms with E-state index in [-0.39, 0.29) is 17.3 Å². The van der Waals surface area contributed by atoms with E-state index in [9.17, 15) is 9.18 Å². The van der Waals surface area contributed by atoms with Crippen LogP contribution in [0.2, 0.25) is 0 Å². The van der Waals surface area contributed by atoms with E-state index in [0.29, 0.717) is 5.76 Å². The van der Waals surface area contributed by atoms with Gasteiger partial charge in [0.2, 0.25) is 5.60 Å². The first-order valence-electron chi connectivity index (χ1n) is 9.43. The Balaban J connectivity index is 1.69. The van der Waals surface area contributed by atoms with Crippen LogP contribution in [0.3, 0.4) is 0 Å². The van der Waals surface area contributed by atoms with E-state index in [1.54, 1.807) is 0 Å². The molecule has 1 aliphatic heterocycles. The number of nitrogens with one attached hydrogen (secondary N) is 1. The predicted molar refractivity (Wildman–Crippen MR) is 102 cm³/mol. The molecule has 1 amide bonds. The van der Waals surface area contributed by atoms with Crippen LogP contribution in [0.25, 0.3) is 0 Å². The van der Waals surface area contributed by atoms with Crippen molar-refractivity contribution in [3.05, 3.63) is 47.4 Å². The number of nitrogens with zero attached hydrogens (tertiary/aromatic N) is 2. The molecule has 1 atom stereocenters. The molecule has 10 heteroatoms. The number of hydrogen-bond acceptors (Lipinski definition) is 6. The maximum atomic E-state index is 15.3. The van der Waals surface area contributed by atoms with Gasteiger partial charge >= 0.3 is 5.92 Å². The number of benzene rings is 1. The normalized spacial score (nSPS) is 24.7. The molecule has 7 nitrogen and oxygen atoms in total. The molecule has 2 aromatic rings. The molecule has 30 heavy (non-hydrogen) atoms. The number of aromatic nitrogens is 1. The van der Waals surface area contributed by atoms with E-state index >= 15 is 8.78 Å². The summed E-state index contributed by atoms with van der Waals surface area (Å²) in [6.45, 7) is 3.42. The van der Waals surface area contributed by atoms with E-state index in [2.05, 4.69) is 15.3 Å². The minimum absolute atomic E-state index is 0.0978. The molecule has 1 saturated carbocycles. The van der Waals surface area contributed by atoms with Crippen LogP contribution in [-0.4, -0.2) is 28.4 Å².